The van der Waals surface area contributed by atoms with E-state index >= 15 is 0 Å². The van der Waals surface area contributed by atoms with Gasteiger partial charge in [0, 0.05) is 18.8 Å². The highest BCUT2D eigenvalue weighted by Gasteiger charge is 2.21. The van der Waals surface area contributed by atoms with Gasteiger partial charge in [0.15, 0.2) is 0 Å². The molecule has 0 unspecified atom stereocenters. The number of amides is 1. The molecule has 0 atom stereocenters. The Bertz CT molecular complexity index is 539. The van der Waals surface area contributed by atoms with Gasteiger partial charge in [-0.1, -0.05) is 11.8 Å². The molecule has 108 valence electrons. The molecule has 0 bridgehead atoms. The number of rotatable bonds is 4. The summed E-state index contributed by atoms with van der Waals surface area (Å²) in [5.41, 5.74) is 1.65. The quantitative estimate of drug-likeness (QED) is 0.861. The van der Waals surface area contributed by atoms with Crippen LogP contribution in [-0.2, 0) is 4.79 Å². The van der Waals surface area contributed by atoms with E-state index in [1.807, 2.05) is 11.8 Å². The maximum absolute atomic E-state index is 12.0. The van der Waals surface area contributed by atoms with Gasteiger partial charge in [-0.05, 0) is 38.3 Å². The third-order valence-corrected chi connectivity index (χ3v) is 4.28. The number of nitrogens with zero attached hydrogens (tertiary/aromatic N) is 2. The van der Waals surface area contributed by atoms with E-state index in [-0.39, 0.29) is 17.2 Å². The summed E-state index contributed by atoms with van der Waals surface area (Å²) in [6.45, 7) is 5.20. The van der Waals surface area contributed by atoms with Crippen LogP contribution in [0.1, 0.15) is 34.5 Å². The molecule has 0 saturated carbocycles. The minimum Gasteiger partial charge on any atom is -0.478 e. The first-order valence-electron chi connectivity index (χ1n) is 6.61. The summed E-state index contributed by atoms with van der Waals surface area (Å²) in [6.07, 6.45) is 2.11. The second-order valence-electron chi connectivity index (χ2n) is 4.94. The van der Waals surface area contributed by atoms with Crippen molar-refractivity contribution in [2.24, 2.45) is 0 Å². The van der Waals surface area contributed by atoms with E-state index in [1.54, 1.807) is 13.0 Å². The first-order valence-corrected chi connectivity index (χ1v) is 7.59. The molecule has 20 heavy (non-hydrogen) atoms. The van der Waals surface area contributed by atoms with Crippen LogP contribution in [0.3, 0.4) is 0 Å². The zero-order valence-electron chi connectivity index (χ0n) is 11.7. The lowest BCUT2D eigenvalue weighted by Gasteiger charge is -2.15. The van der Waals surface area contributed by atoms with Gasteiger partial charge in [-0.15, -0.1) is 0 Å². The Kier molecular flexibility index (Phi) is 4.65. The summed E-state index contributed by atoms with van der Waals surface area (Å²) in [5.74, 6) is -0.688. The maximum Gasteiger partial charge on any atom is 0.338 e. The minimum absolute atomic E-state index is 0.0600. The Labute approximate surface area is 122 Å². The van der Waals surface area contributed by atoms with Crippen molar-refractivity contribution in [3.05, 3.63) is 22.9 Å². The second-order valence-corrected chi connectivity index (χ2v) is 5.91. The number of carboxylic acids is 1. The molecular formula is C14H18N2O3S. The predicted octanol–water partition coefficient (Wildman–Crippen LogP) is 2.11. The number of pyridine rings is 1. The molecule has 1 N–H and O–H groups in total. The molecule has 0 spiro atoms. The first kappa shape index (κ1) is 14.8. The average Bonchev–Trinajstić information content (AvgIpc) is 2.88. The van der Waals surface area contributed by atoms with Crippen LogP contribution in [0.5, 0.6) is 0 Å². The molecule has 1 aliphatic heterocycles. The minimum atomic E-state index is -0.994. The van der Waals surface area contributed by atoms with Gasteiger partial charge < -0.3 is 10.0 Å². The Balaban J connectivity index is 2.12. The van der Waals surface area contributed by atoms with E-state index in [9.17, 15) is 14.7 Å². The highest BCUT2D eigenvalue weighted by molar-refractivity contribution is 8.00. The van der Waals surface area contributed by atoms with Crippen molar-refractivity contribution in [2.75, 3.05) is 18.8 Å². The summed E-state index contributed by atoms with van der Waals surface area (Å²) < 4.78 is 0. The monoisotopic (exact) mass is 294 g/mol. The third-order valence-electron chi connectivity index (χ3n) is 3.32. The van der Waals surface area contributed by atoms with E-state index in [0.717, 1.165) is 31.6 Å². The molecule has 6 heteroatoms. The number of hydrogen-bond acceptors (Lipinski definition) is 4. The van der Waals surface area contributed by atoms with Crippen molar-refractivity contribution in [3.63, 3.8) is 0 Å². The van der Waals surface area contributed by atoms with Crippen molar-refractivity contribution >= 4 is 23.6 Å². The fourth-order valence-electron chi connectivity index (χ4n) is 2.36. The number of carbonyl (C=O) groups is 2. The molecule has 5 nitrogen and oxygen atoms in total. The van der Waals surface area contributed by atoms with Crippen LogP contribution in [-0.4, -0.2) is 45.7 Å². The van der Waals surface area contributed by atoms with Crippen molar-refractivity contribution < 1.29 is 14.7 Å². The number of hydrogen-bond donors (Lipinski definition) is 1. The summed E-state index contributed by atoms with van der Waals surface area (Å²) >= 11 is 1.22. The molecule has 1 aromatic rings. The van der Waals surface area contributed by atoms with Crippen LogP contribution in [0.25, 0.3) is 0 Å². The molecule has 1 aromatic heterocycles. The van der Waals surface area contributed by atoms with Crippen LogP contribution in [0.4, 0.5) is 0 Å². The zero-order valence-corrected chi connectivity index (χ0v) is 12.5. The standard InChI is InChI=1S/C14H18N2O3S/c1-9-7-10(2)15-13(12(9)14(18)19)20-8-11(17)16-5-3-4-6-16/h7H,3-6,8H2,1-2H3,(H,18,19). The van der Waals surface area contributed by atoms with Gasteiger partial charge in [0.05, 0.1) is 11.3 Å². The molecule has 0 aliphatic carbocycles. The number of thioether (sulfide) groups is 1. The van der Waals surface area contributed by atoms with Crippen LogP contribution < -0.4 is 0 Å². The lowest BCUT2D eigenvalue weighted by atomic mass is 10.1. The lowest BCUT2D eigenvalue weighted by Crippen LogP contribution is -2.29. The summed E-state index contributed by atoms with van der Waals surface area (Å²) in [7, 11) is 0. The molecule has 1 aliphatic rings. The van der Waals surface area contributed by atoms with Crippen LogP contribution in [0.2, 0.25) is 0 Å². The van der Waals surface area contributed by atoms with Crippen molar-refractivity contribution in [2.45, 2.75) is 31.7 Å². The fraction of sp³-hybridized carbons (Fsp3) is 0.500. The van der Waals surface area contributed by atoms with Gasteiger partial charge >= 0.3 is 5.97 Å². The lowest BCUT2D eigenvalue weighted by molar-refractivity contribution is -0.127. The summed E-state index contributed by atoms with van der Waals surface area (Å²) in [4.78, 5) is 29.4. The molecule has 1 fully saturated rings. The Morgan fingerprint density at radius 3 is 2.60 bits per heavy atom. The molecule has 0 radical (unpaired) electrons. The summed E-state index contributed by atoms with van der Waals surface area (Å²) in [6, 6.07) is 1.75. The fourth-order valence-corrected chi connectivity index (χ4v) is 3.40. The number of aromatic carboxylic acids is 1. The van der Waals surface area contributed by atoms with Crippen molar-refractivity contribution in [3.8, 4) is 0 Å². The molecule has 2 rings (SSSR count). The number of aryl methyl sites for hydroxylation is 2. The molecule has 0 aromatic carbocycles. The highest BCUT2D eigenvalue weighted by Crippen LogP contribution is 2.25. The van der Waals surface area contributed by atoms with Gasteiger partial charge in [-0.3, -0.25) is 4.79 Å². The van der Waals surface area contributed by atoms with Crippen molar-refractivity contribution in [1.29, 1.82) is 0 Å². The van der Waals surface area contributed by atoms with Gasteiger partial charge in [-0.2, -0.15) is 0 Å². The predicted molar refractivity (Wildman–Crippen MR) is 77.2 cm³/mol. The van der Waals surface area contributed by atoms with Gasteiger partial charge in [0.2, 0.25) is 5.91 Å². The molecule has 1 amide bonds. The second kappa shape index (κ2) is 6.26. The topological polar surface area (TPSA) is 70.5 Å². The van der Waals surface area contributed by atoms with Crippen LogP contribution in [0.15, 0.2) is 11.1 Å². The Morgan fingerprint density at radius 2 is 2.00 bits per heavy atom. The van der Waals surface area contributed by atoms with E-state index in [4.69, 9.17) is 0 Å². The summed E-state index contributed by atoms with van der Waals surface area (Å²) in [5, 5.41) is 9.70. The normalized spacial score (nSPS) is 14.6. The Hall–Kier alpha value is -1.56. The Morgan fingerprint density at radius 1 is 1.35 bits per heavy atom. The van der Waals surface area contributed by atoms with E-state index < -0.39 is 5.97 Å². The van der Waals surface area contributed by atoms with Crippen molar-refractivity contribution in [1.82, 2.24) is 9.88 Å². The smallest absolute Gasteiger partial charge is 0.338 e. The highest BCUT2D eigenvalue weighted by atomic mass is 32.2. The number of carboxylic acid groups (broad SMARTS) is 1. The largest absolute Gasteiger partial charge is 0.478 e. The zero-order chi connectivity index (χ0) is 14.7. The molecule has 1 saturated heterocycles. The van der Waals surface area contributed by atoms with E-state index in [0.29, 0.717) is 10.6 Å². The van der Waals surface area contributed by atoms with E-state index in [2.05, 4.69) is 4.98 Å². The van der Waals surface area contributed by atoms with Crippen LogP contribution >= 0.6 is 11.8 Å². The number of likely N-dealkylation sites (tertiary alicyclic amines) is 1. The van der Waals surface area contributed by atoms with Gasteiger partial charge in [-0.25, -0.2) is 9.78 Å². The molecule has 2 heterocycles. The molecular weight excluding hydrogens is 276 g/mol. The van der Waals surface area contributed by atoms with Gasteiger partial charge in [0.25, 0.3) is 0 Å². The van der Waals surface area contributed by atoms with Crippen LogP contribution in [0, 0.1) is 13.8 Å². The third kappa shape index (κ3) is 3.30. The van der Waals surface area contributed by atoms with Gasteiger partial charge in [0.1, 0.15) is 5.03 Å². The number of aromatic nitrogens is 1. The average molecular weight is 294 g/mol. The first-order chi connectivity index (χ1) is 9.49. The maximum atomic E-state index is 12.0. The SMILES string of the molecule is Cc1cc(C)c(C(=O)O)c(SCC(=O)N2CCCC2)n1. The van der Waals surface area contributed by atoms with E-state index in [1.165, 1.54) is 11.8 Å². The number of carbonyl (C=O) groups excluding carboxylic acids is 1.